The molecule has 25 heavy (non-hydrogen) atoms. The molecule has 2 aromatic rings. The minimum Gasteiger partial charge on any atom is -0.329 e. The number of hydrogen-bond donors (Lipinski definition) is 3. The Kier molecular flexibility index (Phi) is 6.00. The van der Waals surface area contributed by atoms with Crippen molar-refractivity contribution in [3.05, 3.63) is 34.4 Å². The molecular weight excluding hydrogens is 348 g/mol. The molecule has 134 valence electrons. The second kappa shape index (κ2) is 8.19. The minimum atomic E-state index is -0.544. The Hall–Kier alpha value is -3.02. The van der Waals surface area contributed by atoms with Crippen LogP contribution in [0.25, 0.3) is 0 Å². The lowest BCUT2D eigenvalue weighted by molar-refractivity contribution is -0.385. The van der Waals surface area contributed by atoms with Crippen molar-refractivity contribution in [2.45, 2.75) is 33.4 Å². The number of nitrogens with one attached hydrogen (secondary N) is 3. The number of amides is 1. The first kappa shape index (κ1) is 18.3. The molecule has 11 nitrogen and oxygen atoms in total. The van der Waals surface area contributed by atoms with Crippen LogP contribution in [0.4, 0.5) is 11.4 Å². The lowest BCUT2D eigenvalue weighted by Crippen LogP contribution is -2.44. The highest BCUT2D eigenvalue weighted by Crippen LogP contribution is 2.12. The summed E-state index contributed by atoms with van der Waals surface area (Å²) in [7, 11) is 0. The Labute approximate surface area is 148 Å². The standard InChI is InChI=1S/C13H18N8O3S/c1-3-20-9(2)11(7-15-20)16-13(25)18-17-12(22)4-5-19-8-10(6-14-19)21(23)24/h6-8H,3-5H2,1-2H3,(H,17,22)(H2,16,18,25). The molecule has 12 heteroatoms. The van der Waals surface area contributed by atoms with Crippen molar-refractivity contribution in [1.82, 2.24) is 30.4 Å². The summed E-state index contributed by atoms with van der Waals surface area (Å²) in [4.78, 5) is 21.8. The average molecular weight is 366 g/mol. The van der Waals surface area contributed by atoms with E-state index in [4.69, 9.17) is 12.2 Å². The van der Waals surface area contributed by atoms with E-state index in [9.17, 15) is 14.9 Å². The largest absolute Gasteiger partial charge is 0.329 e. The number of thiocarbonyl (C=S) groups is 1. The normalized spacial score (nSPS) is 10.3. The van der Waals surface area contributed by atoms with Crippen LogP contribution in [-0.2, 0) is 17.9 Å². The molecule has 2 heterocycles. The zero-order valence-electron chi connectivity index (χ0n) is 13.7. The number of aryl methyl sites for hydroxylation is 2. The van der Waals surface area contributed by atoms with E-state index in [1.54, 1.807) is 6.20 Å². The predicted molar refractivity (Wildman–Crippen MR) is 93.6 cm³/mol. The third-order valence-electron chi connectivity index (χ3n) is 3.36. The first-order valence-corrected chi connectivity index (χ1v) is 7.86. The highest BCUT2D eigenvalue weighted by molar-refractivity contribution is 7.80. The van der Waals surface area contributed by atoms with Gasteiger partial charge in [-0.15, -0.1) is 0 Å². The summed E-state index contributed by atoms with van der Waals surface area (Å²) in [6.07, 6.45) is 4.13. The summed E-state index contributed by atoms with van der Waals surface area (Å²) in [5.74, 6) is -0.330. The van der Waals surface area contributed by atoms with Gasteiger partial charge in [-0.2, -0.15) is 10.2 Å². The van der Waals surface area contributed by atoms with Crippen LogP contribution in [0, 0.1) is 17.0 Å². The predicted octanol–water partition coefficient (Wildman–Crippen LogP) is 0.724. The molecular formula is C13H18N8O3S. The zero-order chi connectivity index (χ0) is 18.4. The van der Waals surface area contributed by atoms with Gasteiger partial charge < -0.3 is 5.32 Å². The van der Waals surface area contributed by atoms with Crippen molar-refractivity contribution >= 4 is 34.6 Å². The fraction of sp³-hybridized carbons (Fsp3) is 0.385. The molecule has 0 radical (unpaired) electrons. The minimum absolute atomic E-state index is 0.0846. The average Bonchev–Trinajstić information content (AvgIpc) is 3.19. The van der Waals surface area contributed by atoms with Crippen LogP contribution < -0.4 is 16.2 Å². The van der Waals surface area contributed by atoms with Gasteiger partial charge in [0.05, 0.1) is 29.0 Å². The molecule has 0 atom stereocenters. The fourth-order valence-electron chi connectivity index (χ4n) is 2.02. The van der Waals surface area contributed by atoms with Crippen molar-refractivity contribution in [2.75, 3.05) is 5.32 Å². The Morgan fingerprint density at radius 3 is 2.72 bits per heavy atom. The Morgan fingerprint density at radius 1 is 1.36 bits per heavy atom. The SMILES string of the molecule is CCn1ncc(NC(=S)NNC(=O)CCn2cc([N+](=O)[O-])cn2)c1C. The molecule has 2 aromatic heterocycles. The van der Waals surface area contributed by atoms with Gasteiger partial charge in [-0.05, 0) is 26.1 Å². The Morgan fingerprint density at radius 2 is 2.12 bits per heavy atom. The quantitative estimate of drug-likeness (QED) is 0.387. The number of nitro groups is 1. The topological polar surface area (TPSA) is 132 Å². The van der Waals surface area contributed by atoms with E-state index in [0.29, 0.717) is 0 Å². The lowest BCUT2D eigenvalue weighted by Gasteiger charge is -2.11. The summed E-state index contributed by atoms with van der Waals surface area (Å²) < 4.78 is 3.14. The molecule has 0 aliphatic carbocycles. The van der Waals surface area contributed by atoms with Crippen molar-refractivity contribution in [1.29, 1.82) is 0 Å². The molecule has 0 bridgehead atoms. The summed E-state index contributed by atoms with van der Waals surface area (Å²) in [5, 5.41) is 21.7. The maximum absolute atomic E-state index is 11.8. The zero-order valence-corrected chi connectivity index (χ0v) is 14.5. The van der Waals surface area contributed by atoms with Crippen molar-refractivity contribution in [3.63, 3.8) is 0 Å². The molecule has 0 unspecified atom stereocenters. The van der Waals surface area contributed by atoms with E-state index in [-0.39, 0.29) is 29.7 Å². The Bertz CT molecular complexity index is 784. The maximum atomic E-state index is 11.8. The van der Waals surface area contributed by atoms with Crippen LogP contribution in [0.1, 0.15) is 19.0 Å². The monoisotopic (exact) mass is 366 g/mol. The van der Waals surface area contributed by atoms with Gasteiger partial charge in [-0.1, -0.05) is 0 Å². The second-order valence-corrected chi connectivity index (χ2v) is 5.46. The van der Waals surface area contributed by atoms with Crippen LogP contribution >= 0.6 is 12.2 Å². The molecule has 0 saturated carbocycles. The van der Waals surface area contributed by atoms with E-state index in [1.807, 2.05) is 18.5 Å². The van der Waals surface area contributed by atoms with Gasteiger partial charge in [0.15, 0.2) is 5.11 Å². The van der Waals surface area contributed by atoms with Crippen LogP contribution in [0.3, 0.4) is 0 Å². The van der Waals surface area contributed by atoms with Crippen LogP contribution in [0.15, 0.2) is 18.6 Å². The van der Waals surface area contributed by atoms with Crippen molar-refractivity contribution < 1.29 is 9.72 Å². The summed E-state index contributed by atoms with van der Waals surface area (Å²) in [5.41, 5.74) is 6.60. The number of anilines is 1. The molecule has 0 spiro atoms. The summed E-state index contributed by atoms with van der Waals surface area (Å²) >= 11 is 5.10. The highest BCUT2D eigenvalue weighted by atomic mass is 32.1. The molecule has 0 aromatic carbocycles. The number of hydrazine groups is 1. The lowest BCUT2D eigenvalue weighted by atomic mass is 10.4. The summed E-state index contributed by atoms with van der Waals surface area (Å²) in [6.45, 7) is 4.85. The van der Waals surface area contributed by atoms with E-state index in [0.717, 1.165) is 24.1 Å². The molecule has 0 aliphatic heterocycles. The number of aromatic nitrogens is 4. The molecule has 1 amide bonds. The van der Waals surface area contributed by atoms with Gasteiger partial charge >= 0.3 is 5.69 Å². The molecule has 0 aliphatic rings. The number of hydrogen-bond acceptors (Lipinski definition) is 6. The highest BCUT2D eigenvalue weighted by Gasteiger charge is 2.10. The van der Waals surface area contributed by atoms with Gasteiger partial charge in [0.2, 0.25) is 5.91 Å². The van der Waals surface area contributed by atoms with Crippen LogP contribution in [0.2, 0.25) is 0 Å². The Balaban J connectivity index is 1.74. The first-order chi connectivity index (χ1) is 11.9. The molecule has 0 fully saturated rings. The van der Waals surface area contributed by atoms with Gasteiger partial charge in [-0.25, -0.2) is 0 Å². The number of rotatable bonds is 6. The van der Waals surface area contributed by atoms with E-state index >= 15 is 0 Å². The van der Waals surface area contributed by atoms with Gasteiger partial charge in [-0.3, -0.25) is 35.1 Å². The van der Waals surface area contributed by atoms with E-state index in [1.165, 1.54) is 10.9 Å². The molecule has 0 saturated heterocycles. The van der Waals surface area contributed by atoms with Crippen LogP contribution in [0.5, 0.6) is 0 Å². The third-order valence-corrected chi connectivity index (χ3v) is 3.57. The summed E-state index contributed by atoms with van der Waals surface area (Å²) in [6, 6.07) is 0. The second-order valence-electron chi connectivity index (χ2n) is 5.06. The van der Waals surface area contributed by atoms with Gasteiger partial charge in [0.25, 0.3) is 0 Å². The third kappa shape index (κ3) is 4.97. The number of carbonyl (C=O) groups is 1. The number of carbonyl (C=O) groups excluding carboxylic acids is 1. The smallest absolute Gasteiger partial charge is 0.306 e. The van der Waals surface area contributed by atoms with Crippen molar-refractivity contribution in [2.24, 2.45) is 0 Å². The van der Waals surface area contributed by atoms with Gasteiger partial charge in [0.1, 0.15) is 12.4 Å². The van der Waals surface area contributed by atoms with E-state index < -0.39 is 4.92 Å². The molecule has 2 rings (SSSR count). The maximum Gasteiger partial charge on any atom is 0.306 e. The first-order valence-electron chi connectivity index (χ1n) is 7.45. The van der Waals surface area contributed by atoms with Crippen LogP contribution in [-0.4, -0.2) is 35.5 Å². The fourth-order valence-corrected chi connectivity index (χ4v) is 2.18. The van der Waals surface area contributed by atoms with Crippen molar-refractivity contribution in [3.8, 4) is 0 Å². The molecule has 3 N–H and O–H groups in total. The number of nitrogens with zero attached hydrogens (tertiary/aromatic N) is 5. The van der Waals surface area contributed by atoms with E-state index in [2.05, 4.69) is 26.4 Å². The van der Waals surface area contributed by atoms with Gasteiger partial charge in [0, 0.05) is 13.0 Å².